The lowest BCUT2D eigenvalue weighted by molar-refractivity contribution is -0.131. The summed E-state index contributed by atoms with van der Waals surface area (Å²) in [5, 5.41) is 19.9. The Morgan fingerprint density at radius 3 is 2.72 bits per heavy atom. The Morgan fingerprint density at radius 1 is 1.14 bits per heavy atom. The maximum absolute atomic E-state index is 12.8. The molecule has 2 aromatic heterocycles. The van der Waals surface area contributed by atoms with Gasteiger partial charge in [0.25, 0.3) is 0 Å². The molecule has 7 heteroatoms. The molecule has 7 nitrogen and oxygen atoms in total. The number of nitrogens with zero attached hydrogens (tertiary/aromatic N) is 3. The molecule has 3 aromatic rings. The Hall–Kier alpha value is -3.03. The number of pyridine rings is 2. The highest BCUT2D eigenvalue weighted by Gasteiger charge is 2.36. The molecule has 0 spiro atoms. The average molecular weight is 392 g/mol. The molecule has 0 bridgehead atoms. The Labute approximate surface area is 168 Å². The van der Waals surface area contributed by atoms with Gasteiger partial charge in [0, 0.05) is 31.4 Å². The van der Waals surface area contributed by atoms with Crippen LogP contribution in [-0.4, -0.2) is 56.2 Å². The molecule has 0 unspecified atom stereocenters. The van der Waals surface area contributed by atoms with E-state index in [-0.39, 0.29) is 24.1 Å². The summed E-state index contributed by atoms with van der Waals surface area (Å²) in [5.74, 6) is -0.0676. The molecule has 1 aliphatic heterocycles. The summed E-state index contributed by atoms with van der Waals surface area (Å²) in [6.45, 7) is 0.739. The summed E-state index contributed by atoms with van der Waals surface area (Å²) in [6.07, 6.45) is 3.88. The lowest BCUT2D eigenvalue weighted by Gasteiger charge is -2.21. The number of carbonyl (C=O) groups excluding carboxylic acids is 1. The highest BCUT2D eigenvalue weighted by molar-refractivity contribution is 5.82. The molecule has 3 heterocycles. The van der Waals surface area contributed by atoms with Crippen LogP contribution in [0, 0.1) is 5.92 Å². The topological polar surface area (TPSA) is 113 Å². The summed E-state index contributed by atoms with van der Waals surface area (Å²) in [5.41, 5.74) is 9.68. The zero-order valence-corrected chi connectivity index (χ0v) is 16.0. The normalized spacial score (nSPS) is 20.1. The van der Waals surface area contributed by atoms with Crippen molar-refractivity contribution in [2.75, 3.05) is 13.1 Å². The number of aliphatic hydroxyl groups is 1. The molecule has 4 N–H and O–H groups in total. The Bertz CT molecular complexity index is 1000. The number of β-amino-alcohol motifs (C(OH)–C–C–N with tert-alkyl or cyclic N) is 1. The number of phenols is 1. The molecule has 1 amide bonds. The van der Waals surface area contributed by atoms with Gasteiger partial charge in [-0.2, -0.15) is 0 Å². The number of amides is 1. The number of likely N-dealkylation sites (tertiary alicyclic amines) is 1. The van der Waals surface area contributed by atoms with E-state index in [4.69, 9.17) is 5.73 Å². The van der Waals surface area contributed by atoms with Crippen molar-refractivity contribution >= 4 is 16.9 Å². The van der Waals surface area contributed by atoms with Gasteiger partial charge in [-0.05, 0) is 54.3 Å². The van der Waals surface area contributed by atoms with E-state index in [1.54, 1.807) is 41.6 Å². The summed E-state index contributed by atoms with van der Waals surface area (Å²) >= 11 is 0. The number of aromatic hydroxyl groups is 1. The van der Waals surface area contributed by atoms with Crippen LogP contribution in [0.2, 0.25) is 0 Å². The molecular formula is C22H24N4O3. The fourth-order valence-corrected chi connectivity index (χ4v) is 3.92. The number of benzene rings is 1. The first-order chi connectivity index (χ1) is 14.0. The number of rotatable bonds is 5. The summed E-state index contributed by atoms with van der Waals surface area (Å²) in [7, 11) is 0. The number of hydrogen-bond donors (Lipinski definition) is 3. The lowest BCUT2D eigenvalue weighted by Crippen LogP contribution is -2.44. The minimum absolute atomic E-state index is 0.0765. The maximum Gasteiger partial charge on any atom is 0.239 e. The van der Waals surface area contributed by atoms with Crippen LogP contribution >= 0.6 is 0 Å². The molecule has 4 rings (SSSR count). The second-order valence-corrected chi connectivity index (χ2v) is 7.59. The van der Waals surface area contributed by atoms with E-state index >= 15 is 0 Å². The fraction of sp³-hybridized carbons (Fsp3) is 0.318. The second kappa shape index (κ2) is 8.14. The summed E-state index contributed by atoms with van der Waals surface area (Å²) in [4.78, 5) is 23.2. The first-order valence-corrected chi connectivity index (χ1v) is 9.70. The smallest absolute Gasteiger partial charge is 0.239 e. The zero-order chi connectivity index (χ0) is 20.4. The molecule has 150 valence electrons. The number of nitrogens with two attached hydrogens (primary N) is 1. The van der Waals surface area contributed by atoms with Crippen LogP contribution in [-0.2, 0) is 17.6 Å². The molecule has 1 saturated heterocycles. The number of hydrogen-bond acceptors (Lipinski definition) is 6. The van der Waals surface area contributed by atoms with E-state index in [1.807, 2.05) is 18.2 Å². The third-order valence-corrected chi connectivity index (χ3v) is 5.49. The lowest BCUT2D eigenvalue weighted by atomic mass is 9.96. The Balaban J connectivity index is 1.42. The van der Waals surface area contributed by atoms with Crippen molar-refractivity contribution in [3.8, 4) is 5.75 Å². The van der Waals surface area contributed by atoms with E-state index in [1.165, 1.54) is 0 Å². The van der Waals surface area contributed by atoms with Gasteiger partial charge >= 0.3 is 0 Å². The average Bonchev–Trinajstić information content (AvgIpc) is 3.09. The van der Waals surface area contributed by atoms with E-state index in [0.29, 0.717) is 19.4 Å². The van der Waals surface area contributed by atoms with Gasteiger partial charge in [-0.15, -0.1) is 0 Å². The Morgan fingerprint density at radius 2 is 1.93 bits per heavy atom. The molecule has 1 aliphatic rings. The van der Waals surface area contributed by atoms with Gasteiger partial charge in [-0.3, -0.25) is 14.8 Å². The predicted molar refractivity (Wildman–Crippen MR) is 109 cm³/mol. The monoisotopic (exact) mass is 392 g/mol. The minimum Gasteiger partial charge on any atom is -0.508 e. The molecule has 3 atom stereocenters. The van der Waals surface area contributed by atoms with Gasteiger partial charge in [-0.1, -0.05) is 12.1 Å². The predicted octanol–water partition coefficient (Wildman–Crippen LogP) is 1.27. The van der Waals surface area contributed by atoms with Crippen molar-refractivity contribution in [2.45, 2.75) is 25.0 Å². The van der Waals surface area contributed by atoms with Crippen molar-refractivity contribution in [1.82, 2.24) is 14.9 Å². The van der Waals surface area contributed by atoms with Crippen LogP contribution in [0.3, 0.4) is 0 Å². The number of carbonyl (C=O) groups is 1. The molecule has 1 aromatic carbocycles. The minimum atomic E-state index is -0.686. The van der Waals surface area contributed by atoms with Crippen molar-refractivity contribution in [2.24, 2.45) is 11.7 Å². The van der Waals surface area contributed by atoms with Crippen molar-refractivity contribution in [3.05, 3.63) is 66.0 Å². The quantitative estimate of drug-likeness (QED) is 0.603. The first kappa shape index (κ1) is 19.3. The van der Waals surface area contributed by atoms with E-state index in [0.717, 1.165) is 22.2 Å². The van der Waals surface area contributed by atoms with Gasteiger partial charge in [0.1, 0.15) is 5.75 Å². The zero-order valence-electron chi connectivity index (χ0n) is 16.0. The third-order valence-electron chi connectivity index (χ3n) is 5.49. The van der Waals surface area contributed by atoms with Crippen LogP contribution in [0.4, 0.5) is 0 Å². The largest absolute Gasteiger partial charge is 0.508 e. The number of aromatic nitrogens is 2. The summed E-state index contributed by atoms with van der Waals surface area (Å²) in [6, 6.07) is 11.7. The highest BCUT2D eigenvalue weighted by Crippen LogP contribution is 2.25. The molecule has 0 radical (unpaired) electrons. The third kappa shape index (κ3) is 4.21. The molecule has 1 fully saturated rings. The fourth-order valence-electron chi connectivity index (χ4n) is 3.92. The van der Waals surface area contributed by atoms with E-state index < -0.39 is 12.1 Å². The standard InChI is InChI=1S/C22H24N4O3/c23-18(10-14-3-5-17(27)6-4-14)22(29)26-12-16(20(28)13-26)11-15-7-9-24-19-2-1-8-25-21(15)19/h1-9,16,18,20,27-28H,10-13,23H2/t16-,18+,20+/m1/s1. The van der Waals surface area contributed by atoms with Gasteiger partial charge in [0.15, 0.2) is 0 Å². The van der Waals surface area contributed by atoms with Crippen LogP contribution < -0.4 is 5.73 Å². The van der Waals surface area contributed by atoms with Gasteiger partial charge in [0.2, 0.25) is 5.91 Å². The van der Waals surface area contributed by atoms with Gasteiger partial charge in [0.05, 0.1) is 23.2 Å². The van der Waals surface area contributed by atoms with Crippen LogP contribution in [0.25, 0.3) is 11.0 Å². The first-order valence-electron chi connectivity index (χ1n) is 9.70. The van der Waals surface area contributed by atoms with Gasteiger partial charge < -0.3 is 20.8 Å². The van der Waals surface area contributed by atoms with Crippen LogP contribution in [0.15, 0.2) is 54.9 Å². The Kier molecular flexibility index (Phi) is 5.42. The van der Waals surface area contributed by atoms with E-state index in [2.05, 4.69) is 9.97 Å². The summed E-state index contributed by atoms with van der Waals surface area (Å²) < 4.78 is 0. The SMILES string of the molecule is N[C@@H](Cc1ccc(O)cc1)C(=O)N1C[C@@H](Cc2ccnc3cccnc23)[C@@H](O)C1. The second-order valence-electron chi connectivity index (χ2n) is 7.59. The van der Waals surface area contributed by atoms with E-state index in [9.17, 15) is 15.0 Å². The van der Waals surface area contributed by atoms with Crippen molar-refractivity contribution in [1.29, 1.82) is 0 Å². The number of aliphatic hydroxyl groups excluding tert-OH is 1. The molecule has 0 saturated carbocycles. The van der Waals surface area contributed by atoms with Crippen molar-refractivity contribution in [3.63, 3.8) is 0 Å². The van der Waals surface area contributed by atoms with Gasteiger partial charge in [-0.25, -0.2) is 0 Å². The molecule has 29 heavy (non-hydrogen) atoms. The van der Waals surface area contributed by atoms with Crippen LogP contribution in [0.5, 0.6) is 5.75 Å². The number of phenolic OH excluding ortho intramolecular Hbond substituents is 1. The molecular weight excluding hydrogens is 368 g/mol. The van der Waals surface area contributed by atoms with Crippen molar-refractivity contribution < 1.29 is 15.0 Å². The number of fused-ring (bicyclic) bond motifs is 1. The highest BCUT2D eigenvalue weighted by atomic mass is 16.3. The maximum atomic E-state index is 12.8. The van der Waals surface area contributed by atoms with Crippen LogP contribution in [0.1, 0.15) is 11.1 Å². The molecule has 0 aliphatic carbocycles.